The highest BCUT2D eigenvalue weighted by molar-refractivity contribution is 7.80. The number of para-hydroxylation sites is 1. The molecule has 0 aliphatic rings. The lowest BCUT2D eigenvalue weighted by atomic mass is 10.2. The van der Waals surface area contributed by atoms with Crippen LogP contribution < -0.4 is 10.6 Å². The second-order valence-corrected chi connectivity index (χ2v) is 5.96. The molecule has 6 heteroatoms. The summed E-state index contributed by atoms with van der Waals surface area (Å²) in [6.45, 7) is 0.696. The lowest BCUT2D eigenvalue weighted by Gasteiger charge is -2.24. The number of benzene rings is 1. The van der Waals surface area contributed by atoms with Crippen LogP contribution in [0.3, 0.4) is 0 Å². The summed E-state index contributed by atoms with van der Waals surface area (Å²) in [5.41, 5.74) is 6.73. The average Bonchev–Trinajstić information content (AvgIpc) is 2.97. The summed E-state index contributed by atoms with van der Waals surface area (Å²) in [5.74, 6) is 0.892. The Bertz CT molecular complexity index is 754. The number of thiocarbonyl (C=S) groups is 1. The third-order valence-corrected chi connectivity index (χ3v) is 4.17. The third-order valence-electron chi connectivity index (χ3n) is 3.15. The van der Waals surface area contributed by atoms with Crippen molar-refractivity contribution in [2.75, 3.05) is 11.4 Å². The van der Waals surface area contributed by atoms with E-state index in [1.54, 1.807) is 17.7 Å². The molecule has 21 heavy (non-hydrogen) atoms. The maximum atomic E-state index is 5.66. The normalized spacial score (nSPS) is 10.7. The Kier molecular flexibility index (Phi) is 4.08. The van der Waals surface area contributed by atoms with E-state index in [4.69, 9.17) is 18.0 Å². The minimum atomic E-state index is 0.506. The predicted molar refractivity (Wildman–Crippen MR) is 92.3 cm³/mol. The van der Waals surface area contributed by atoms with E-state index in [1.165, 1.54) is 0 Å². The number of thiophene rings is 1. The van der Waals surface area contributed by atoms with Crippen LogP contribution in [-0.4, -0.2) is 21.5 Å². The molecule has 3 aromatic rings. The van der Waals surface area contributed by atoms with Gasteiger partial charge < -0.3 is 10.6 Å². The zero-order valence-electron chi connectivity index (χ0n) is 11.3. The van der Waals surface area contributed by atoms with Crippen molar-refractivity contribution < 1.29 is 0 Å². The van der Waals surface area contributed by atoms with E-state index in [9.17, 15) is 0 Å². The molecule has 0 aliphatic heterocycles. The molecular weight excluding hydrogens is 300 g/mol. The van der Waals surface area contributed by atoms with Crippen LogP contribution in [0.5, 0.6) is 0 Å². The summed E-state index contributed by atoms with van der Waals surface area (Å²) in [4.78, 5) is 12.4. The van der Waals surface area contributed by atoms with Crippen LogP contribution in [0.15, 0.2) is 48.1 Å². The first-order valence-corrected chi connectivity index (χ1v) is 7.83. The van der Waals surface area contributed by atoms with E-state index in [0.29, 0.717) is 18.0 Å². The molecule has 0 saturated heterocycles. The van der Waals surface area contributed by atoms with Gasteiger partial charge in [-0.25, -0.2) is 9.97 Å². The highest BCUT2D eigenvalue weighted by Crippen LogP contribution is 2.31. The molecule has 4 nitrogen and oxygen atoms in total. The first-order valence-electron chi connectivity index (χ1n) is 6.55. The van der Waals surface area contributed by atoms with Gasteiger partial charge in [0.2, 0.25) is 0 Å². The second-order valence-electron chi connectivity index (χ2n) is 4.54. The zero-order chi connectivity index (χ0) is 14.7. The molecule has 0 fully saturated rings. The molecule has 0 saturated carbocycles. The Morgan fingerprint density at radius 1 is 1.19 bits per heavy atom. The monoisotopic (exact) mass is 314 g/mol. The molecule has 106 valence electrons. The maximum absolute atomic E-state index is 5.66. The first-order chi connectivity index (χ1) is 10.3. The summed E-state index contributed by atoms with van der Waals surface area (Å²) in [6, 6.07) is 12.2. The molecule has 0 atom stereocenters. The van der Waals surface area contributed by atoms with Gasteiger partial charge >= 0.3 is 0 Å². The van der Waals surface area contributed by atoms with Gasteiger partial charge in [-0.15, -0.1) is 11.3 Å². The molecule has 0 spiro atoms. The van der Waals surface area contributed by atoms with Crippen LogP contribution >= 0.6 is 23.6 Å². The Morgan fingerprint density at radius 2 is 2.00 bits per heavy atom. The molecular formula is C15H14N4S2. The summed E-state index contributed by atoms with van der Waals surface area (Å²) in [5, 5.41) is 3.08. The van der Waals surface area contributed by atoms with Gasteiger partial charge in [0.15, 0.2) is 0 Å². The van der Waals surface area contributed by atoms with Crippen molar-refractivity contribution in [3.05, 3.63) is 48.1 Å². The van der Waals surface area contributed by atoms with Crippen molar-refractivity contribution in [2.45, 2.75) is 6.42 Å². The lowest BCUT2D eigenvalue weighted by molar-refractivity contribution is 0.945. The van der Waals surface area contributed by atoms with Gasteiger partial charge in [0.1, 0.15) is 17.0 Å². The molecule has 2 aromatic heterocycles. The van der Waals surface area contributed by atoms with E-state index in [-0.39, 0.29) is 0 Å². The molecule has 0 unspecified atom stereocenters. The van der Waals surface area contributed by atoms with Crippen molar-refractivity contribution in [3.8, 4) is 0 Å². The zero-order valence-corrected chi connectivity index (χ0v) is 12.9. The minimum absolute atomic E-state index is 0.506. The van der Waals surface area contributed by atoms with Gasteiger partial charge in [-0.05, 0) is 23.6 Å². The Labute approximate surface area is 132 Å². The summed E-state index contributed by atoms with van der Waals surface area (Å²) < 4.78 is 0. The Hall–Kier alpha value is -2.05. The molecule has 1 aromatic carbocycles. The largest absolute Gasteiger partial charge is 0.393 e. The predicted octanol–water partition coefficient (Wildman–Crippen LogP) is 3.51. The van der Waals surface area contributed by atoms with E-state index < -0.39 is 0 Å². The Morgan fingerprint density at radius 3 is 2.76 bits per heavy atom. The fourth-order valence-electron chi connectivity index (χ4n) is 2.18. The summed E-state index contributed by atoms with van der Waals surface area (Å²) in [6.07, 6.45) is 2.24. The van der Waals surface area contributed by atoms with Crippen molar-refractivity contribution >= 4 is 50.3 Å². The second kappa shape index (κ2) is 6.15. The summed E-state index contributed by atoms with van der Waals surface area (Å²) >= 11 is 6.62. The summed E-state index contributed by atoms with van der Waals surface area (Å²) in [7, 11) is 0. The quantitative estimate of drug-likeness (QED) is 0.730. The fraction of sp³-hybridized carbons (Fsp3) is 0.133. The van der Waals surface area contributed by atoms with Gasteiger partial charge in [-0.2, -0.15) is 0 Å². The van der Waals surface area contributed by atoms with Gasteiger partial charge in [0, 0.05) is 18.7 Å². The van der Waals surface area contributed by atoms with E-state index in [2.05, 4.69) is 27.0 Å². The number of fused-ring (bicyclic) bond motifs is 1. The minimum Gasteiger partial charge on any atom is -0.393 e. The molecule has 0 bridgehead atoms. The van der Waals surface area contributed by atoms with Crippen LogP contribution in [0.2, 0.25) is 0 Å². The molecule has 3 rings (SSSR count). The van der Waals surface area contributed by atoms with Crippen LogP contribution in [0.4, 0.5) is 11.5 Å². The van der Waals surface area contributed by atoms with Crippen molar-refractivity contribution in [1.29, 1.82) is 0 Å². The van der Waals surface area contributed by atoms with Crippen molar-refractivity contribution in [2.24, 2.45) is 5.73 Å². The first kappa shape index (κ1) is 13.9. The molecule has 2 heterocycles. The number of hydrogen-bond acceptors (Lipinski definition) is 5. The van der Waals surface area contributed by atoms with Crippen LogP contribution in [0.1, 0.15) is 6.42 Å². The number of aromatic nitrogens is 2. The van der Waals surface area contributed by atoms with Crippen LogP contribution in [0.25, 0.3) is 10.2 Å². The fourth-order valence-corrected chi connectivity index (χ4v) is 3.00. The molecule has 0 amide bonds. The molecule has 0 aliphatic carbocycles. The average molecular weight is 314 g/mol. The van der Waals surface area contributed by atoms with Gasteiger partial charge in [-0.3, -0.25) is 0 Å². The Balaban J connectivity index is 2.06. The van der Waals surface area contributed by atoms with Gasteiger partial charge in [0.05, 0.1) is 10.4 Å². The van der Waals surface area contributed by atoms with Gasteiger partial charge in [-0.1, -0.05) is 30.4 Å². The van der Waals surface area contributed by atoms with Crippen LogP contribution in [-0.2, 0) is 0 Å². The SMILES string of the molecule is NC(=S)CCN(c1ccccc1)c1ncnc2sccc12. The standard InChI is InChI=1S/C15H14N4S2/c16-13(20)6-8-19(11-4-2-1-3-5-11)14-12-7-9-21-15(12)18-10-17-14/h1-5,7,9-10H,6,8H2,(H2,16,20). The van der Waals surface area contributed by atoms with E-state index in [1.807, 2.05) is 29.6 Å². The number of nitrogens with zero attached hydrogens (tertiary/aromatic N) is 3. The van der Waals surface area contributed by atoms with Crippen molar-refractivity contribution in [1.82, 2.24) is 9.97 Å². The lowest BCUT2D eigenvalue weighted by Crippen LogP contribution is -2.24. The third kappa shape index (κ3) is 3.01. The maximum Gasteiger partial charge on any atom is 0.145 e. The van der Waals surface area contributed by atoms with Crippen molar-refractivity contribution in [3.63, 3.8) is 0 Å². The molecule has 0 radical (unpaired) electrons. The number of rotatable bonds is 5. The smallest absolute Gasteiger partial charge is 0.145 e. The number of nitrogens with two attached hydrogens (primary N) is 1. The van der Waals surface area contributed by atoms with E-state index >= 15 is 0 Å². The number of anilines is 2. The van der Waals surface area contributed by atoms with Gasteiger partial charge in [0.25, 0.3) is 0 Å². The topological polar surface area (TPSA) is 55.0 Å². The molecule has 2 N–H and O–H groups in total. The highest BCUT2D eigenvalue weighted by Gasteiger charge is 2.15. The van der Waals surface area contributed by atoms with E-state index in [0.717, 1.165) is 21.7 Å². The van der Waals surface area contributed by atoms with Crippen LogP contribution in [0, 0.1) is 0 Å². The number of hydrogen-bond donors (Lipinski definition) is 1. The highest BCUT2D eigenvalue weighted by atomic mass is 32.1.